The van der Waals surface area contributed by atoms with Crippen LogP contribution in [0, 0.1) is 0 Å². The van der Waals surface area contributed by atoms with Crippen molar-refractivity contribution in [2.45, 2.75) is 26.2 Å². The van der Waals surface area contributed by atoms with Crippen LogP contribution in [0.5, 0.6) is 5.75 Å². The third kappa shape index (κ3) is 5.60. The van der Waals surface area contributed by atoms with Gasteiger partial charge in [-0.05, 0) is 49.2 Å². The Kier molecular flexibility index (Phi) is 7.46. The van der Waals surface area contributed by atoms with E-state index in [0.29, 0.717) is 17.2 Å². The van der Waals surface area contributed by atoms with Gasteiger partial charge in [0.15, 0.2) is 6.61 Å². The molecule has 0 aliphatic carbocycles. The van der Waals surface area contributed by atoms with E-state index in [2.05, 4.69) is 31.1 Å². The Balaban J connectivity index is 1.59. The van der Waals surface area contributed by atoms with Crippen LogP contribution in [0.2, 0.25) is 0 Å². The van der Waals surface area contributed by atoms with E-state index in [4.69, 9.17) is 4.74 Å². The number of amides is 2. The number of anilines is 1. The lowest BCUT2D eigenvalue weighted by Gasteiger charge is -2.32. The minimum atomic E-state index is -0.252. The number of carbonyl (C=O) groups excluding carboxylic acids is 2. The number of para-hydroxylation sites is 1. The molecule has 1 heterocycles. The van der Waals surface area contributed by atoms with E-state index in [1.165, 1.54) is 0 Å². The number of likely N-dealkylation sites (N-methyl/N-ethyl adjacent to an activating group) is 1. The summed E-state index contributed by atoms with van der Waals surface area (Å²) in [6, 6.07) is 14.9. The average molecular weight is 410 g/mol. The van der Waals surface area contributed by atoms with Crippen molar-refractivity contribution in [2.24, 2.45) is 0 Å². The number of nitrogens with one attached hydrogen (secondary N) is 1. The van der Waals surface area contributed by atoms with Gasteiger partial charge in [-0.2, -0.15) is 0 Å². The first-order chi connectivity index (χ1) is 14.5. The van der Waals surface area contributed by atoms with Gasteiger partial charge in [0.25, 0.3) is 11.8 Å². The highest BCUT2D eigenvalue weighted by atomic mass is 16.5. The fourth-order valence-electron chi connectivity index (χ4n) is 3.50. The van der Waals surface area contributed by atoms with Crippen molar-refractivity contribution in [3.8, 4) is 5.75 Å². The van der Waals surface area contributed by atoms with E-state index < -0.39 is 0 Å². The SMILES string of the molecule is CCC(C)c1ccccc1OCC(=O)Nc1cccc(C(=O)N2CCN(C)CC2)c1. The molecule has 2 aromatic rings. The third-order valence-electron chi connectivity index (χ3n) is 5.60. The quantitative estimate of drug-likeness (QED) is 0.759. The van der Waals surface area contributed by atoms with Gasteiger partial charge in [-0.25, -0.2) is 0 Å². The van der Waals surface area contributed by atoms with Gasteiger partial charge in [0, 0.05) is 37.4 Å². The second kappa shape index (κ2) is 10.3. The van der Waals surface area contributed by atoms with Crippen LogP contribution in [-0.2, 0) is 4.79 Å². The maximum Gasteiger partial charge on any atom is 0.262 e. The molecule has 6 nitrogen and oxygen atoms in total. The topological polar surface area (TPSA) is 61.9 Å². The Morgan fingerprint density at radius 1 is 1.07 bits per heavy atom. The molecule has 0 bridgehead atoms. The zero-order valence-electron chi connectivity index (χ0n) is 18.1. The second-order valence-electron chi connectivity index (χ2n) is 7.86. The molecular weight excluding hydrogens is 378 g/mol. The minimum Gasteiger partial charge on any atom is -0.483 e. The fraction of sp³-hybridized carbons (Fsp3) is 0.417. The molecule has 2 aromatic carbocycles. The third-order valence-corrected chi connectivity index (χ3v) is 5.60. The summed E-state index contributed by atoms with van der Waals surface area (Å²) in [5.74, 6) is 0.846. The normalized spacial score (nSPS) is 15.5. The highest BCUT2D eigenvalue weighted by Crippen LogP contribution is 2.28. The summed E-state index contributed by atoms with van der Waals surface area (Å²) < 4.78 is 5.79. The van der Waals surface area contributed by atoms with Crippen molar-refractivity contribution < 1.29 is 14.3 Å². The fourth-order valence-corrected chi connectivity index (χ4v) is 3.50. The lowest BCUT2D eigenvalue weighted by atomic mass is 9.98. The zero-order chi connectivity index (χ0) is 21.5. The summed E-state index contributed by atoms with van der Waals surface area (Å²) in [6.45, 7) is 7.37. The van der Waals surface area contributed by atoms with Crippen molar-refractivity contribution in [1.82, 2.24) is 9.80 Å². The first-order valence-electron chi connectivity index (χ1n) is 10.6. The molecule has 1 fully saturated rings. The van der Waals surface area contributed by atoms with Crippen LogP contribution in [0.3, 0.4) is 0 Å². The number of benzene rings is 2. The number of hydrogen-bond donors (Lipinski definition) is 1. The molecule has 0 radical (unpaired) electrons. The van der Waals surface area contributed by atoms with Crippen LogP contribution in [0.1, 0.15) is 42.1 Å². The van der Waals surface area contributed by atoms with Crippen LogP contribution in [0.15, 0.2) is 48.5 Å². The standard InChI is InChI=1S/C24H31N3O3/c1-4-18(2)21-10-5-6-11-22(21)30-17-23(28)25-20-9-7-8-19(16-20)24(29)27-14-12-26(3)13-15-27/h5-11,16,18H,4,12-15,17H2,1-3H3,(H,25,28). The summed E-state index contributed by atoms with van der Waals surface area (Å²) in [5.41, 5.74) is 2.28. The highest BCUT2D eigenvalue weighted by Gasteiger charge is 2.20. The lowest BCUT2D eigenvalue weighted by molar-refractivity contribution is -0.118. The smallest absolute Gasteiger partial charge is 0.262 e. The van der Waals surface area contributed by atoms with E-state index in [-0.39, 0.29) is 18.4 Å². The summed E-state index contributed by atoms with van der Waals surface area (Å²) in [6.07, 6.45) is 1.00. The molecule has 0 spiro atoms. The molecule has 1 atom stereocenters. The summed E-state index contributed by atoms with van der Waals surface area (Å²) >= 11 is 0. The zero-order valence-corrected chi connectivity index (χ0v) is 18.1. The molecule has 1 unspecified atom stereocenters. The van der Waals surface area contributed by atoms with E-state index >= 15 is 0 Å². The molecular formula is C24H31N3O3. The molecule has 1 saturated heterocycles. The van der Waals surface area contributed by atoms with Crippen LogP contribution < -0.4 is 10.1 Å². The summed E-state index contributed by atoms with van der Waals surface area (Å²) in [7, 11) is 2.06. The van der Waals surface area contributed by atoms with Crippen molar-refractivity contribution in [3.05, 3.63) is 59.7 Å². The molecule has 30 heavy (non-hydrogen) atoms. The monoisotopic (exact) mass is 409 g/mol. The van der Waals surface area contributed by atoms with Gasteiger partial charge in [0.2, 0.25) is 0 Å². The van der Waals surface area contributed by atoms with Crippen molar-refractivity contribution in [1.29, 1.82) is 0 Å². The number of rotatable bonds is 7. The van der Waals surface area contributed by atoms with Gasteiger partial charge in [-0.1, -0.05) is 38.1 Å². The molecule has 3 rings (SSSR count). The molecule has 1 aliphatic heterocycles. The first kappa shape index (κ1) is 21.8. The molecule has 1 N–H and O–H groups in total. The highest BCUT2D eigenvalue weighted by molar-refractivity contribution is 5.97. The van der Waals surface area contributed by atoms with Gasteiger partial charge in [-0.15, -0.1) is 0 Å². The van der Waals surface area contributed by atoms with Gasteiger partial charge >= 0.3 is 0 Å². The number of carbonyl (C=O) groups is 2. The van der Waals surface area contributed by atoms with Crippen LogP contribution in [0.4, 0.5) is 5.69 Å². The molecule has 0 aromatic heterocycles. The Labute approximate surface area is 178 Å². The number of hydrogen-bond acceptors (Lipinski definition) is 4. The van der Waals surface area contributed by atoms with Crippen LogP contribution >= 0.6 is 0 Å². The molecule has 6 heteroatoms. The number of nitrogens with zero attached hydrogens (tertiary/aromatic N) is 2. The molecule has 160 valence electrons. The summed E-state index contributed by atoms with van der Waals surface area (Å²) in [4.78, 5) is 29.2. The van der Waals surface area contributed by atoms with Crippen molar-refractivity contribution in [2.75, 3.05) is 45.2 Å². The van der Waals surface area contributed by atoms with E-state index in [9.17, 15) is 9.59 Å². The minimum absolute atomic E-state index is 0.00192. The van der Waals surface area contributed by atoms with E-state index in [1.54, 1.807) is 24.3 Å². The average Bonchev–Trinajstić information content (AvgIpc) is 2.77. The van der Waals surface area contributed by atoms with Gasteiger partial charge < -0.3 is 19.9 Å². The second-order valence-corrected chi connectivity index (χ2v) is 7.86. The molecule has 0 saturated carbocycles. The van der Waals surface area contributed by atoms with Gasteiger partial charge in [0.05, 0.1) is 0 Å². The number of ether oxygens (including phenoxy) is 1. The molecule has 1 aliphatic rings. The van der Waals surface area contributed by atoms with Crippen LogP contribution in [-0.4, -0.2) is 61.4 Å². The van der Waals surface area contributed by atoms with E-state index in [0.717, 1.165) is 43.9 Å². The van der Waals surface area contributed by atoms with Gasteiger partial charge in [0.1, 0.15) is 5.75 Å². The van der Waals surface area contributed by atoms with Crippen LogP contribution in [0.25, 0.3) is 0 Å². The Hall–Kier alpha value is -2.86. The number of piperazine rings is 1. The largest absolute Gasteiger partial charge is 0.483 e. The van der Waals surface area contributed by atoms with Crippen molar-refractivity contribution >= 4 is 17.5 Å². The molecule has 2 amide bonds. The first-order valence-corrected chi connectivity index (χ1v) is 10.6. The van der Waals surface area contributed by atoms with Crippen molar-refractivity contribution in [3.63, 3.8) is 0 Å². The maximum absolute atomic E-state index is 12.8. The Morgan fingerprint density at radius 3 is 2.53 bits per heavy atom. The van der Waals surface area contributed by atoms with Gasteiger partial charge in [-0.3, -0.25) is 9.59 Å². The predicted octanol–water partition coefficient (Wildman–Crippen LogP) is 3.61. The predicted molar refractivity (Wildman–Crippen MR) is 119 cm³/mol. The van der Waals surface area contributed by atoms with E-state index in [1.807, 2.05) is 29.2 Å². The summed E-state index contributed by atoms with van der Waals surface area (Å²) in [5, 5.41) is 2.84. The Morgan fingerprint density at radius 2 is 1.80 bits per heavy atom. The Bertz CT molecular complexity index is 876. The maximum atomic E-state index is 12.8. The lowest BCUT2D eigenvalue weighted by Crippen LogP contribution is -2.47.